The zero-order chi connectivity index (χ0) is 14.8. The Morgan fingerprint density at radius 3 is 1.95 bits per heavy atom. The van der Waals surface area contributed by atoms with Gasteiger partial charge in [-0.1, -0.05) is 0 Å². The number of rotatable bonds is 8. The lowest BCUT2D eigenvalue weighted by molar-refractivity contribution is -0.144. The van der Waals surface area contributed by atoms with E-state index in [4.69, 9.17) is 18.9 Å². The zero-order valence-corrected chi connectivity index (χ0v) is 12.1. The SMILES string of the molecule is COC(C)COC(=O)/C=C(/C)C(=O)OCC(C)OC. The second-order valence-electron chi connectivity index (χ2n) is 4.15. The third-order valence-corrected chi connectivity index (χ3v) is 2.37. The quantitative estimate of drug-likeness (QED) is 0.487. The Morgan fingerprint density at radius 1 is 1.00 bits per heavy atom. The van der Waals surface area contributed by atoms with Crippen molar-refractivity contribution >= 4 is 11.9 Å². The molecule has 0 aliphatic heterocycles. The van der Waals surface area contributed by atoms with E-state index in [1.54, 1.807) is 13.8 Å². The highest BCUT2D eigenvalue weighted by Gasteiger charge is 2.11. The van der Waals surface area contributed by atoms with Gasteiger partial charge in [0.15, 0.2) is 0 Å². The highest BCUT2D eigenvalue weighted by atomic mass is 16.6. The number of ether oxygens (including phenoxy) is 4. The largest absolute Gasteiger partial charge is 0.460 e. The number of hydrogen-bond donors (Lipinski definition) is 0. The highest BCUT2D eigenvalue weighted by Crippen LogP contribution is 2.00. The van der Waals surface area contributed by atoms with Crippen LogP contribution in [0.25, 0.3) is 0 Å². The summed E-state index contributed by atoms with van der Waals surface area (Å²) in [6, 6.07) is 0. The van der Waals surface area contributed by atoms with E-state index >= 15 is 0 Å². The van der Waals surface area contributed by atoms with Gasteiger partial charge in [-0.2, -0.15) is 0 Å². The van der Waals surface area contributed by atoms with Crippen LogP contribution in [0.3, 0.4) is 0 Å². The molecule has 0 aliphatic rings. The van der Waals surface area contributed by atoms with Gasteiger partial charge in [-0.3, -0.25) is 0 Å². The minimum Gasteiger partial charge on any atom is -0.460 e. The lowest BCUT2D eigenvalue weighted by atomic mass is 10.3. The van der Waals surface area contributed by atoms with Crippen molar-refractivity contribution in [1.82, 2.24) is 0 Å². The molecule has 19 heavy (non-hydrogen) atoms. The molecular formula is C13H22O6. The van der Waals surface area contributed by atoms with Crippen molar-refractivity contribution in [1.29, 1.82) is 0 Å². The molecule has 2 atom stereocenters. The van der Waals surface area contributed by atoms with Gasteiger partial charge >= 0.3 is 11.9 Å². The highest BCUT2D eigenvalue weighted by molar-refractivity contribution is 5.95. The first kappa shape index (κ1) is 17.6. The molecule has 0 N–H and O–H groups in total. The minimum absolute atomic E-state index is 0.134. The molecule has 0 fully saturated rings. The molecule has 0 rings (SSSR count). The molecule has 0 saturated carbocycles. The van der Waals surface area contributed by atoms with E-state index in [1.807, 2.05) is 0 Å². The van der Waals surface area contributed by atoms with E-state index in [2.05, 4.69) is 0 Å². The number of hydrogen-bond acceptors (Lipinski definition) is 6. The average Bonchev–Trinajstić information content (AvgIpc) is 2.41. The van der Waals surface area contributed by atoms with Crippen LogP contribution in [0.1, 0.15) is 20.8 Å². The van der Waals surface area contributed by atoms with Crippen molar-refractivity contribution in [3.05, 3.63) is 11.6 Å². The molecule has 0 aromatic heterocycles. The van der Waals surface area contributed by atoms with Crippen LogP contribution in [0.15, 0.2) is 11.6 Å². The normalized spacial score (nSPS) is 14.7. The van der Waals surface area contributed by atoms with Gasteiger partial charge in [0.25, 0.3) is 0 Å². The predicted molar refractivity (Wildman–Crippen MR) is 68.6 cm³/mol. The Morgan fingerprint density at radius 2 is 1.47 bits per heavy atom. The van der Waals surface area contributed by atoms with Crippen LogP contribution in [0.5, 0.6) is 0 Å². The second kappa shape index (κ2) is 9.52. The van der Waals surface area contributed by atoms with Crippen molar-refractivity contribution in [2.45, 2.75) is 33.0 Å². The number of carbonyl (C=O) groups excluding carboxylic acids is 2. The average molecular weight is 274 g/mol. The van der Waals surface area contributed by atoms with Crippen molar-refractivity contribution in [2.75, 3.05) is 27.4 Å². The lowest BCUT2D eigenvalue weighted by Crippen LogP contribution is -2.19. The third kappa shape index (κ3) is 8.34. The van der Waals surface area contributed by atoms with Crippen LogP contribution < -0.4 is 0 Å². The van der Waals surface area contributed by atoms with E-state index < -0.39 is 11.9 Å². The Kier molecular flexibility index (Phi) is 8.82. The summed E-state index contributed by atoms with van der Waals surface area (Å²) in [5.41, 5.74) is 0.179. The summed E-state index contributed by atoms with van der Waals surface area (Å²) in [6.07, 6.45) is 0.723. The Balaban J connectivity index is 4.15. The standard InChI is InChI=1S/C13H22O6/c1-9(13(15)19-8-11(3)17-5)6-12(14)18-7-10(2)16-4/h6,10-11H,7-8H2,1-5H3/b9-6-. The molecule has 0 aromatic rings. The smallest absolute Gasteiger partial charge is 0.334 e. The van der Waals surface area contributed by atoms with E-state index in [-0.39, 0.29) is 31.0 Å². The molecule has 0 heterocycles. The third-order valence-electron chi connectivity index (χ3n) is 2.37. The van der Waals surface area contributed by atoms with Crippen molar-refractivity contribution < 1.29 is 28.5 Å². The molecule has 0 aliphatic carbocycles. The fraction of sp³-hybridized carbons (Fsp3) is 0.692. The number of methoxy groups -OCH3 is 2. The van der Waals surface area contributed by atoms with Crippen LogP contribution in [0.2, 0.25) is 0 Å². The molecule has 6 heteroatoms. The van der Waals surface area contributed by atoms with Crippen LogP contribution >= 0.6 is 0 Å². The number of esters is 2. The first-order chi connectivity index (χ1) is 8.90. The van der Waals surface area contributed by atoms with Gasteiger partial charge in [0, 0.05) is 25.9 Å². The molecular weight excluding hydrogens is 252 g/mol. The maximum Gasteiger partial charge on any atom is 0.334 e. The first-order valence-corrected chi connectivity index (χ1v) is 5.98. The Hall–Kier alpha value is -1.40. The fourth-order valence-corrected chi connectivity index (χ4v) is 0.920. The monoisotopic (exact) mass is 274 g/mol. The summed E-state index contributed by atoms with van der Waals surface area (Å²) in [5.74, 6) is -1.17. The van der Waals surface area contributed by atoms with Crippen molar-refractivity contribution in [2.24, 2.45) is 0 Å². The van der Waals surface area contributed by atoms with E-state index in [0.717, 1.165) is 6.08 Å². The predicted octanol–water partition coefficient (Wildman–Crippen LogP) is 1.09. The van der Waals surface area contributed by atoms with E-state index in [0.29, 0.717) is 0 Å². The molecule has 110 valence electrons. The van der Waals surface area contributed by atoms with Crippen molar-refractivity contribution in [3.63, 3.8) is 0 Å². The maximum atomic E-state index is 11.5. The van der Waals surface area contributed by atoms with Crippen molar-refractivity contribution in [3.8, 4) is 0 Å². The van der Waals surface area contributed by atoms with Crippen LogP contribution in [0, 0.1) is 0 Å². The molecule has 0 aromatic carbocycles. The van der Waals surface area contributed by atoms with E-state index in [9.17, 15) is 9.59 Å². The lowest BCUT2D eigenvalue weighted by Gasteiger charge is -2.11. The van der Waals surface area contributed by atoms with Crippen LogP contribution in [0.4, 0.5) is 0 Å². The Bertz CT molecular complexity index is 323. The van der Waals surface area contributed by atoms with Crippen LogP contribution in [-0.4, -0.2) is 51.6 Å². The molecule has 6 nitrogen and oxygen atoms in total. The van der Waals surface area contributed by atoms with Gasteiger partial charge in [0.1, 0.15) is 13.2 Å². The van der Waals surface area contributed by atoms with Crippen LogP contribution in [-0.2, 0) is 28.5 Å². The fourth-order valence-electron chi connectivity index (χ4n) is 0.920. The summed E-state index contributed by atoms with van der Waals surface area (Å²) in [5, 5.41) is 0. The molecule has 0 bridgehead atoms. The van der Waals surface area contributed by atoms with Gasteiger partial charge < -0.3 is 18.9 Å². The minimum atomic E-state index is -0.599. The topological polar surface area (TPSA) is 71.1 Å². The summed E-state index contributed by atoms with van der Waals surface area (Å²) in [4.78, 5) is 22.9. The zero-order valence-electron chi connectivity index (χ0n) is 12.1. The molecule has 2 unspecified atom stereocenters. The van der Waals surface area contributed by atoms with Gasteiger partial charge in [-0.15, -0.1) is 0 Å². The summed E-state index contributed by atoms with van der Waals surface area (Å²) in [7, 11) is 3.05. The summed E-state index contributed by atoms with van der Waals surface area (Å²) in [6.45, 7) is 5.29. The molecule has 0 spiro atoms. The molecule has 0 amide bonds. The first-order valence-electron chi connectivity index (χ1n) is 5.98. The summed E-state index contributed by atoms with van der Waals surface area (Å²) >= 11 is 0. The second-order valence-corrected chi connectivity index (χ2v) is 4.15. The van der Waals surface area contributed by atoms with Gasteiger partial charge in [-0.25, -0.2) is 9.59 Å². The number of carbonyl (C=O) groups is 2. The van der Waals surface area contributed by atoms with Gasteiger partial charge in [0.05, 0.1) is 12.2 Å². The van der Waals surface area contributed by atoms with Gasteiger partial charge in [-0.05, 0) is 20.8 Å². The van der Waals surface area contributed by atoms with Gasteiger partial charge in [0.2, 0.25) is 0 Å². The molecule has 0 saturated heterocycles. The molecule has 0 radical (unpaired) electrons. The maximum absolute atomic E-state index is 11.5. The van der Waals surface area contributed by atoms with E-state index in [1.165, 1.54) is 21.1 Å². The summed E-state index contributed by atoms with van der Waals surface area (Å²) < 4.78 is 19.7. The Labute approximate surface area is 113 Å².